The maximum Gasteiger partial charge on any atom is 0.327 e. The van der Waals surface area contributed by atoms with Crippen LogP contribution in [0.3, 0.4) is 0 Å². The number of terminal acetylenes is 1. The van der Waals surface area contributed by atoms with E-state index in [4.69, 9.17) is 6.42 Å². The van der Waals surface area contributed by atoms with Crippen molar-refractivity contribution in [3.05, 3.63) is 24.3 Å². The van der Waals surface area contributed by atoms with E-state index >= 15 is 0 Å². The molecule has 0 saturated carbocycles. The second kappa shape index (κ2) is 18.1. The summed E-state index contributed by atoms with van der Waals surface area (Å²) in [5.74, 6) is 22.0. The van der Waals surface area contributed by atoms with Crippen LogP contribution in [0.1, 0.15) is 49.3 Å². The number of carbonyl (C=O) groups excluding carboxylic acids is 4. The number of Topliss-reactive ketones (excluding diaryl/α,β-unsaturated/α-hetero) is 1. The second-order valence-corrected chi connectivity index (χ2v) is 8.16. The zero-order chi connectivity index (χ0) is 28.2. The quantitative estimate of drug-likeness (QED) is 0.248. The normalized spacial score (nSPS) is 18.5. The number of amides is 4. The van der Waals surface area contributed by atoms with Crippen LogP contribution in [0.25, 0.3) is 0 Å². The van der Waals surface area contributed by atoms with Gasteiger partial charge in [-0.25, -0.2) is 4.79 Å². The Balaban J connectivity index is -0.000000146. The number of ketones is 1. The van der Waals surface area contributed by atoms with Gasteiger partial charge < -0.3 is 16.0 Å². The fourth-order valence-electron chi connectivity index (χ4n) is 2.97. The Bertz CT molecular complexity index is 1360. The summed E-state index contributed by atoms with van der Waals surface area (Å²) < 4.78 is 0. The monoisotopic (exact) mass is 530 g/mol. The van der Waals surface area contributed by atoms with Crippen LogP contribution in [0.4, 0.5) is 4.79 Å². The number of nitrogens with one attached hydrogen (secondary N) is 4. The summed E-state index contributed by atoms with van der Waals surface area (Å²) in [4.78, 5) is 49.8. The average Bonchev–Trinajstić information content (AvgIpc) is 2.87. The Morgan fingerprint density at radius 2 is 1.68 bits per heavy atom. The van der Waals surface area contributed by atoms with Crippen LogP contribution in [0.5, 0.6) is 0 Å². The van der Waals surface area contributed by atoms with Gasteiger partial charge in [-0.2, -0.15) is 0 Å². The summed E-state index contributed by atoms with van der Waals surface area (Å²) in [5.41, 5.74) is 0. The average molecular weight is 531 g/mol. The summed E-state index contributed by atoms with van der Waals surface area (Å²) >= 11 is 0. The van der Waals surface area contributed by atoms with Crippen LogP contribution in [-0.4, -0.2) is 42.3 Å². The Morgan fingerprint density at radius 1 is 1.05 bits per heavy atom. The molecule has 8 nitrogen and oxygen atoms in total. The van der Waals surface area contributed by atoms with Crippen molar-refractivity contribution < 1.29 is 34.9 Å². The molecule has 1 unspecified atom stereocenters. The molecule has 3 atom stereocenters. The molecule has 1 aliphatic heterocycles. The van der Waals surface area contributed by atoms with Gasteiger partial charge in [-0.1, -0.05) is 32.1 Å². The number of hydrogen-bond donors (Lipinski definition) is 4. The van der Waals surface area contributed by atoms with E-state index < -0.39 is 24.0 Å². The molecular formula is C30H50N4O4. The van der Waals surface area contributed by atoms with Crippen molar-refractivity contribution in [1.29, 1.82) is 0 Å². The summed E-state index contributed by atoms with van der Waals surface area (Å²) in [6.07, 6.45) is 11.7. The summed E-state index contributed by atoms with van der Waals surface area (Å²) in [5, 5.41) is 10.4. The first-order valence-electron chi connectivity index (χ1n) is 11.7. The molecule has 214 valence electrons. The molecule has 38 heavy (non-hydrogen) atoms. The van der Waals surface area contributed by atoms with E-state index in [2.05, 4.69) is 86.5 Å². The first-order chi connectivity index (χ1) is 18.2. The van der Waals surface area contributed by atoms with Gasteiger partial charge in [0.25, 0.3) is 0 Å². The first-order valence-corrected chi connectivity index (χ1v) is 11.7. The standard InChI is InChI=1S/C30H28N4O4.11H2/c1-5-6-7-8-9-10-11-12-13-15-21-32-30(38)34-28(23(2)3)26(35)22-25-17-14-16-20-31-27(36)19-18-24(4)33-29(25)37;;;;;;;;;;;/h1,14,17-19,23-25,28H,16,20,22H2,2-4H3,(H,31,36)(H,33,37)(H2,32,34,38);11*1H/b17-14+,19-18+;;;;;;;;;;;/t24-,25+,28?;;;;;;;;;;;/m0.........../s1. The van der Waals surface area contributed by atoms with Crippen molar-refractivity contribution in [3.8, 4) is 71.7 Å². The lowest BCUT2D eigenvalue weighted by Gasteiger charge is -2.23. The largest absolute Gasteiger partial charge is 0.352 e. The SMILES string of the molecule is C#CC#CC#CC#CC#CC#CNC(=O)NC(C(=O)C[C@H]1/C=C/CCNC(=O)/C=C/[C@H](C)NC1=O)C(C)C.[HH].[HH].[HH].[HH].[HH].[HH].[HH].[HH].[HH].[HH].[HH]. The van der Waals surface area contributed by atoms with Gasteiger partial charge in [0, 0.05) is 76.4 Å². The maximum atomic E-state index is 13.1. The number of hydrogen-bond acceptors (Lipinski definition) is 4. The molecule has 4 amide bonds. The summed E-state index contributed by atoms with van der Waals surface area (Å²) in [7, 11) is 0. The van der Waals surface area contributed by atoms with E-state index in [1.165, 1.54) is 6.08 Å². The Hall–Kier alpha value is -5.28. The predicted octanol–water partition coefficient (Wildman–Crippen LogP) is 3.34. The molecule has 1 aliphatic rings. The van der Waals surface area contributed by atoms with Crippen LogP contribution in [-0.2, 0) is 14.4 Å². The Morgan fingerprint density at radius 3 is 2.32 bits per heavy atom. The molecule has 0 aromatic rings. The minimum atomic E-state index is -0.843. The number of urea groups is 1. The minimum absolute atomic E-state index is 0. The van der Waals surface area contributed by atoms with Gasteiger partial charge >= 0.3 is 6.03 Å². The highest BCUT2D eigenvalue weighted by molar-refractivity contribution is 5.93. The van der Waals surface area contributed by atoms with Crippen LogP contribution < -0.4 is 21.3 Å². The highest BCUT2D eigenvalue weighted by atomic mass is 16.2. The fraction of sp³-hybridized carbons (Fsp3) is 0.333. The van der Waals surface area contributed by atoms with Gasteiger partial charge in [0.05, 0.1) is 12.0 Å². The molecule has 1 heterocycles. The van der Waals surface area contributed by atoms with E-state index in [-0.39, 0.29) is 45.6 Å². The van der Waals surface area contributed by atoms with Gasteiger partial charge in [-0.15, -0.1) is 6.42 Å². The summed E-state index contributed by atoms with van der Waals surface area (Å²) in [6, 6.07) is 0.440. The van der Waals surface area contributed by atoms with Crippen LogP contribution in [0.15, 0.2) is 24.3 Å². The molecule has 0 fully saturated rings. The molecule has 0 radical (unpaired) electrons. The van der Waals surface area contributed by atoms with Crippen molar-refractivity contribution >= 4 is 23.6 Å². The van der Waals surface area contributed by atoms with E-state index in [9.17, 15) is 19.2 Å². The maximum absolute atomic E-state index is 13.1. The van der Waals surface area contributed by atoms with Gasteiger partial charge in [0.15, 0.2) is 5.78 Å². The molecule has 0 spiro atoms. The molecule has 0 bridgehead atoms. The molecule has 8 heteroatoms. The van der Waals surface area contributed by atoms with Crippen LogP contribution in [0.2, 0.25) is 0 Å². The molecule has 4 N–H and O–H groups in total. The smallest absolute Gasteiger partial charge is 0.327 e. The lowest BCUT2D eigenvalue weighted by molar-refractivity contribution is -0.129. The van der Waals surface area contributed by atoms with Crippen molar-refractivity contribution in [3.63, 3.8) is 0 Å². The van der Waals surface area contributed by atoms with E-state index in [1.807, 2.05) is 0 Å². The highest BCUT2D eigenvalue weighted by Crippen LogP contribution is 2.14. The topological polar surface area (TPSA) is 116 Å². The lowest BCUT2D eigenvalue weighted by Crippen LogP contribution is -2.48. The van der Waals surface area contributed by atoms with Gasteiger partial charge in [0.1, 0.15) is 0 Å². The van der Waals surface area contributed by atoms with Crippen molar-refractivity contribution in [2.45, 2.75) is 45.7 Å². The minimum Gasteiger partial charge on any atom is -0.352 e. The zero-order valence-electron chi connectivity index (χ0n) is 21.5. The zero-order valence-corrected chi connectivity index (χ0v) is 21.5. The molecular weight excluding hydrogens is 480 g/mol. The number of rotatable bonds is 5. The second-order valence-electron chi connectivity index (χ2n) is 8.16. The summed E-state index contributed by atoms with van der Waals surface area (Å²) in [6.45, 7) is 5.70. The van der Waals surface area contributed by atoms with Gasteiger partial charge in [-0.05, 0) is 48.9 Å². The lowest BCUT2D eigenvalue weighted by atomic mass is 9.91. The third-order valence-corrected chi connectivity index (χ3v) is 4.75. The van der Waals surface area contributed by atoms with Crippen LogP contribution >= 0.6 is 0 Å². The Kier molecular flexibility index (Phi) is 14.6. The fourth-order valence-corrected chi connectivity index (χ4v) is 2.97. The molecule has 0 aliphatic carbocycles. The van der Waals surface area contributed by atoms with Gasteiger partial charge in [0.2, 0.25) is 11.8 Å². The van der Waals surface area contributed by atoms with E-state index in [0.717, 1.165) is 0 Å². The third kappa shape index (κ3) is 13.6. The van der Waals surface area contributed by atoms with Crippen molar-refractivity contribution in [1.82, 2.24) is 21.3 Å². The first kappa shape index (κ1) is 30.8. The van der Waals surface area contributed by atoms with Crippen molar-refractivity contribution in [2.75, 3.05) is 6.54 Å². The number of carbonyl (C=O) groups is 4. The van der Waals surface area contributed by atoms with Crippen molar-refractivity contribution in [2.24, 2.45) is 11.8 Å². The Labute approximate surface area is 240 Å². The van der Waals surface area contributed by atoms with E-state index in [0.29, 0.717) is 13.0 Å². The molecule has 1 rings (SSSR count). The predicted molar refractivity (Wildman–Crippen MR) is 168 cm³/mol. The highest BCUT2D eigenvalue weighted by Gasteiger charge is 2.28. The van der Waals surface area contributed by atoms with E-state index in [1.54, 1.807) is 39.0 Å². The molecule has 0 saturated heterocycles. The van der Waals surface area contributed by atoms with Gasteiger partial charge in [-0.3, -0.25) is 19.7 Å². The molecule has 0 aromatic heterocycles. The van der Waals surface area contributed by atoms with Crippen LogP contribution in [0, 0.1) is 83.5 Å². The third-order valence-electron chi connectivity index (χ3n) is 4.75. The molecule has 0 aromatic carbocycles.